The Balaban J connectivity index is 1.68. The van der Waals surface area contributed by atoms with E-state index in [2.05, 4.69) is 12.1 Å². The van der Waals surface area contributed by atoms with Gasteiger partial charge < -0.3 is 4.90 Å². The normalized spacial score (nSPS) is 16.4. The molecule has 7 heteroatoms. The summed E-state index contributed by atoms with van der Waals surface area (Å²) in [5.74, 6) is -0.467. The zero-order chi connectivity index (χ0) is 21.0. The maximum atomic E-state index is 14.3. The molecule has 2 aromatic rings. The number of piperidine rings is 1. The van der Waals surface area contributed by atoms with Crippen LogP contribution in [0.15, 0.2) is 54.6 Å². The lowest BCUT2D eigenvalue weighted by molar-refractivity contribution is -0.133. The van der Waals surface area contributed by atoms with Gasteiger partial charge in [-0.2, -0.15) is 0 Å². The third-order valence-electron chi connectivity index (χ3n) is 5.45. The lowest BCUT2D eigenvalue weighted by atomic mass is 9.90. The summed E-state index contributed by atoms with van der Waals surface area (Å²) < 4.78 is 39.9. The fraction of sp³-hybridized carbons (Fsp3) is 0.409. The number of carbonyl (C=O) groups excluding carboxylic acids is 1. The average Bonchev–Trinajstić information content (AvgIpc) is 2.69. The van der Waals surface area contributed by atoms with Crippen LogP contribution in [0.1, 0.15) is 25.3 Å². The molecule has 1 aliphatic rings. The lowest BCUT2D eigenvalue weighted by Crippen LogP contribution is -2.51. The van der Waals surface area contributed by atoms with Gasteiger partial charge in [0.2, 0.25) is 15.9 Å². The Labute approximate surface area is 172 Å². The molecule has 1 unspecified atom stereocenters. The predicted octanol–water partition coefficient (Wildman–Crippen LogP) is 3.46. The van der Waals surface area contributed by atoms with Crippen LogP contribution < -0.4 is 4.31 Å². The molecule has 1 atom stereocenters. The molecule has 0 aliphatic carbocycles. The van der Waals surface area contributed by atoms with Gasteiger partial charge in [0.05, 0.1) is 11.9 Å². The van der Waals surface area contributed by atoms with Crippen LogP contribution in [-0.2, 0) is 21.2 Å². The molecule has 1 aliphatic heterocycles. The molecular formula is C22H27FN2O3S. The molecule has 0 saturated carbocycles. The van der Waals surface area contributed by atoms with E-state index in [1.807, 2.05) is 18.2 Å². The molecule has 0 N–H and O–H groups in total. The fourth-order valence-electron chi connectivity index (χ4n) is 3.97. The topological polar surface area (TPSA) is 57.7 Å². The average molecular weight is 419 g/mol. The van der Waals surface area contributed by atoms with E-state index < -0.39 is 21.9 Å². The maximum Gasteiger partial charge on any atom is 0.246 e. The van der Waals surface area contributed by atoms with Gasteiger partial charge in [-0.25, -0.2) is 12.8 Å². The number of halogens is 1. The van der Waals surface area contributed by atoms with Crippen molar-refractivity contribution in [1.29, 1.82) is 0 Å². The van der Waals surface area contributed by atoms with Gasteiger partial charge >= 0.3 is 0 Å². The highest BCUT2D eigenvalue weighted by molar-refractivity contribution is 7.92. The Hall–Kier alpha value is -2.41. The number of hydrogen-bond acceptors (Lipinski definition) is 3. The lowest BCUT2D eigenvalue weighted by Gasteiger charge is -2.36. The van der Waals surface area contributed by atoms with Crippen LogP contribution in [0.3, 0.4) is 0 Å². The van der Waals surface area contributed by atoms with Gasteiger partial charge in [-0.15, -0.1) is 0 Å². The molecule has 0 radical (unpaired) electrons. The van der Waals surface area contributed by atoms with Gasteiger partial charge in [-0.05, 0) is 49.8 Å². The minimum atomic E-state index is -3.83. The third kappa shape index (κ3) is 5.15. The predicted molar refractivity (Wildman–Crippen MR) is 113 cm³/mol. The standard InChI is InChI=1S/C22H27FN2O3S/c1-17(25(29(2,27)28)21-11-7-6-10-20(21)23)22(26)24-14-12-19(13-15-24)16-18-8-4-3-5-9-18/h3-11,17,19H,12-16H2,1-2H3. The summed E-state index contributed by atoms with van der Waals surface area (Å²) in [5.41, 5.74) is 1.18. The van der Waals surface area contributed by atoms with E-state index in [1.54, 1.807) is 11.0 Å². The SMILES string of the molecule is CC(C(=O)N1CCC(Cc2ccccc2)CC1)N(c1ccccc1F)S(C)(=O)=O. The number of amides is 1. The van der Waals surface area contributed by atoms with Crippen molar-refractivity contribution in [2.24, 2.45) is 5.92 Å². The summed E-state index contributed by atoms with van der Waals surface area (Å²) in [6, 6.07) is 14.9. The molecule has 0 spiro atoms. The molecule has 5 nitrogen and oxygen atoms in total. The van der Waals surface area contributed by atoms with E-state index in [4.69, 9.17) is 0 Å². The van der Waals surface area contributed by atoms with E-state index in [9.17, 15) is 17.6 Å². The van der Waals surface area contributed by atoms with Gasteiger partial charge in [0.1, 0.15) is 11.9 Å². The fourth-order valence-corrected chi connectivity index (χ4v) is 5.14. The van der Waals surface area contributed by atoms with E-state index in [0.29, 0.717) is 19.0 Å². The van der Waals surface area contributed by atoms with Crippen molar-refractivity contribution in [3.63, 3.8) is 0 Å². The smallest absolute Gasteiger partial charge is 0.246 e. The first-order valence-corrected chi connectivity index (χ1v) is 11.7. The van der Waals surface area contributed by atoms with Crippen molar-refractivity contribution >= 4 is 21.6 Å². The summed E-state index contributed by atoms with van der Waals surface area (Å²) in [5, 5.41) is 0. The third-order valence-corrected chi connectivity index (χ3v) is 6.68. The quantitative estimate of drug-likeness (QED) is 0.722. The number of benzene rings is 2. The van der Waals surface area contributed by atoms with Crippen LogP contribution in [0.4, 0.5) is 10.1 Å². The van der Waals surface area contributed by atoms with Crippen LogP contribution in [0, 0.1) is 11.7 Å². The summed E-state index contributed by atoms with van der Waals surface area (Å²) in [6.07, 6.45) is 3.70. The van der Waals surface area contributed by atoms with E-state index in [-0.39, 0.29) is 11.6 Å². The summed E-state index contributed by atoms with van der Waals surface area (Å²) in [6.45, 7) is 2.68. The molecule has 1 heterocycles. The minimum Gasteiger partial charge on any atom is -0.341 e. The van der Waals surface area contributed by atoms with Crippen LogP contribution in [0.5, 0.6) is 0 Å². The minimum absolute atomic E-state index is 0.102. The van der Waals surface area contributed by atoms with Gasteiger partial charge in [0.15, 0.2) is 0 Å². The van der Waals surface area contributed by atoms with Crippen LogP contribution in [0.25, 0.3) is 0 Å². The van der Waals surface area contributed by atoms with Gasteiger partial charge in [-0.3, -0.25) is 9.10 Å². The van der Waals surface area contributed by atoms with Crippen molar-refractivity contribution in [3.8, 4) is 0 Å². The first-order valence-electron chi connectivity index (χ1n) is 9.84. The molecule has 0 aromatic heterocycles. The highest BCUT2D eigenvalue weighted by Crippen LogP contribution is 2.27. The first-order chi connectivity index (χ1) is 13.8. The van der Waals surface area contributed by atoms with E-state index in [0.717, 1.165) is 29.8 Å². The van der Waals surface area contributed by atoms with Crippen LogP contribution in [-0.4, -0.2) is 44.6 Å². The second-order valence-electron chi connectivity index (χ2n) is 7.64. The Bertz CT molecular complexity index is 942. The van der Waals surface area contributed by atoms with E-state index in [1.165, 1.54) is 30.7 Å². The van der Waals surface area contributed by atoms with Crippen molar-refractivity contribution < 1.29 is 17.6 Å². The maximum absolute atomic E-state index is 14.3. The number of likely N-dealkylation sites (tertiary alicyclic amines) is 1. The highest BCUT2D eigenvalue weighted by Gasteiger charge is 2.34. The van der Waals surface area contributed by atoms with Gasteiger partial charge in [0.25, 0.3) is 0 Å². The molecule has 156 valence electrons. The summed E-state index contributed by atoms with van der Waals surface area (Å²) >= 11 is 0. The van der Waals surface area contributed by atoms with Crippen molar-refractivity contribution in [2.75, 3.05) is 23.7 Å². The molecule has 3 rings (SSSR count). The molecule has 0 bridgehead atoms. The second-order valence-corrected chi connectivity index (χ2v) is 9.50. The Morgan fingerprint density at radius 2 is 1.69 bits per heavy atom. The summed E-state index contributed by atoms with van der Waals surface area (Å²) in [7, 11) is -3.83. The molecular weight excluding hydrogens is 391 g/mol. The second kappa shape index (κ2) is 8.95. The molecule has 2 aromatic carbocycles. The van der Waals surface area contributed by atoms with Crippen molar-refractivity contribution in [1.82, 2.24) is 4.90 Å². The zero-order valence-corrected chi connectivity index (χ0v) is 17.6. The largest absolute Gasteiger partial charge is 0.341 e. The van der Waals surface area contributed by atoms with Crippen LogP contribution >= 0.6 is 0 Å². The number of para-hydroxylation sites is 1. The Morgan fingerprint density at radius 1 is 1.10 bits per heavy atom. The molecule has 29 heavy (non-hydrogen) atoms. The van der Waals surface area contributed by atoms with Gasteiger partial charge in [-0.1, -0.05) is 42.5 Å². The Kier molecular flexibility index (Phi) is 6.57. The molecule has 1 saturated heterocycles. The number of hydrogen-bond donors (Lipinski definition) is 0. The number of rotatable bonds is 6. The van der Waals surface area contributed by atoms with Crippen molar-refractivity contribution in [2.45, 2.75) is 32.2 Å². The monoisotopic (exact) mass is 418 g/mol. The van der Waals surface area contributed by atoms with Crippen LogP contribution in [0.2, 0.25) is 0 Å². The summed E-state index contributed by atoms with van der Waals surface area (Å²) in [4.78, 5) is 14.7. The van der Waals surface area contributed by atoms with E-state index >= 15 is 0 Å². The molecule has 1 fully saturated rings. The first kappa shape index (κ1) is 21.3. The highest BCUT2D eigenvalue weighted by atomic mass is 32.2. The number of anilines is 1. The number of nitrogens with zero attached hydrogens (tertiary/aromatic N) is 2. The van der Waals surface area contributed by atoms with Crippen molar-refractivity contribution in [3.05, 3.63) is 66.0 Å². The number of sulfonamides is 1. The zero-order valence-electron chi connectivity index (χ0n) is 16.8. The van der Waals surface area contributed by atoms with Gasteiger partial charge in [0, 0.05) is 13.1 Å². The number of carbonyl (C=O) groups is 1. The molecule has 1 amide bonds. The Morgan fingerprint density at radius 3 is 2.28 bits per heavy atom.